The van der Waals surface area contributed by atoms with E-state index in [4.69, 9.17) is 27.9 Å². The standard InChI is InChI=1S/C30H25Cl2FN2O3/c31-25-11-5-4-10-23(25)18-34-30(37)29(22-8-2-1-3-9-22)35(19-21-14-16-24(33)17-15-21)28(36)20-38-27-13-7-6-12-26(27)32/h1-17,29H,18-20H2,(H,34,37)/t29-/m0/s1. The molecule has 4 rings (SSSR count). The maximum Gasteiger partial charge on any atom is 0.261 e. The first-order chi connectivity index (χ1) is 18.4. The van der Waals surface area contributed by atoms with Crippen molar-refractivity contribution >= 4 is 35.0 Å². The summed E-state index contributed by atoms with van der Waals surface area (Å²) in [7, 11) is 0. The van der Waals surface area contributed by atoms with Crippen LogP contribution in [0.4, 0.5) is 4.39 Å². The minimum atomic E-state index is -0.994. The fourth-order valence-electron chi connectivity index (χ4n) is 3.92. The zero-order chi connectivity index (χ0) is 26.9. The number of halogens is 3. The van der Waals surface area contributed by atoms with Crippen LogP contribution in [0.5, 0.6) is 5.75 Å². The van der Waals surface area contributed by atoms with Gasteiger partial charge in [-0.05, 0) is 47.0 Å². The average molecular weight is 551 g/mol. The van der Waals surface area contributed by atoms with Crippen LogP contribution in [0.25, 0.3) is 0 Å². The molecule has 0 saturated heterocycles. The summed E-state index contributed by atoms with van der Waals surface area (Å²) in [5.41, 5.74) is 2.00. The van der Waals surface area contributed by atoms with Crippen LogP contribution in [-0.2, 0) is 22.7 Å². The molecule has 0 aliphatic carbocycles. The third-order valence-electron chi connectivity index (χ3n) is 5.86. The molecular formula is C30H25Cl2FN2O3. The molecular weight excluding hydrogens is 526 g/mol. The van der Waals surface area contributed by atoms with E-state index in [2.05, 4.69) is 5.32 Å². The van der Waals surface area contributed by atoms with E-state index in [-0.39, 0.29) is 19.7 Å². The molecule has 1 N–H and O–H groups in total. The predicted octanol–water partition coefficient (Wildman–Crippen LogP) is 6.60. The highest BCUT2D eigenvalue weighted by Gasteiger charge is 2.32. The highest BCUT2D eigenvalue weighted by Crippen LogP contribution is 2.27. The smallest absolute Gasteiger partial charge is 0.261 e. The van der Waals surface area contributed by atoms with Crippen LogP contribution >= 0.6 is 23.2 Å². The summed E-state index contributed by atoms with van der Waals surface area (Å²) >= 11 is 12.5. The first-order valence-corrected chi connectivity index (χ1v) is 12.7. The fourth-order valence-corrected chi connectivity index (χ4v) is 4.32. The molecule has 0 aromatic heterocycles. The first-order valence-electron chi connectivity index (χ1n) is 11.9. The van der Waals surface area contributed by atoms with Gasteiger partial charge in [0, 0.05) is 18.1 Å². The summed E-state index contributed by atoms with van der Waals surface area (Å²) in [6.45, 7) is -0.132. The number of ether oxygens (including phenoxy) is 1. The monoisotopic (exact) mass is 550 g/mol. The van der Waals surface area contributed by atoms with Gasteiger partial charge in [0.2, 0.25) is 5.91 Å². The molecule has 194 valence electrons. The minimum Gasteiger partial charge on any atom is -0.482 e. The van der Waals surface area contributed by atoms with Gasteiger partial charge >= 0.3 is 0 Å². The second-order valence-electron chi connectivity index (χ2n) is 8.49. The van der Waals surface area contributed by atoms with Gasteiger partial charge in [-0.25, -0.2) is 4.39 Å². The van der Waals surface area contributed by atoms with Crippen LogP contribution in [-0.4, -0.2) is 23.3 Å². The zero-order valence-corrected chi connectivity index (χ0v) is 21.8. The van der Waals surface area contributed by atoms with Gasteiger partial charge in [-0.2, -0.15) is 0 Å². The van der Waals surface area contributed by atoms with Gasteiger partial charge in [-0.3, -0.25) is 9.59 Å². The Morgan fingerprint density at radius 3 is 2.13 bits per heavy atom. The normalized spacial score (nSPS) is 11.4. The average Bonchev–Trinajstić information content (AvgIpc) is 2.93. The van der Waals surface area contributed by atoms with E-state index in [1.807, 2.05) is 24.3 Å². The quantitative estimate of drug-likeness (QED) is 0.242. The molecule has 0 heterocycles. The van der Waals surface area contributed by atoms with E-state index in [1.165, 1.54) is 17.0 Å². The number of carbonyl (C=O) groups excluding carboxylic acids is 2. The van der Waals surface area contributed by atoms with Crippen LogP contribution in [0.1, 0.15) is 22.7 Å². The Balaban J connectivity index is 1.64. The molecule has 0 fully saturated rings. The van der Waals surface area contributed by atoms with Crippen LogP contribution < -0.4 is 10.1 Å². The van der Waals surface area contributed by atoms with Gasteiger partial charge in [0.25, 0.3) is 5.91 Å². The largest absolute Gasteiger partial charge is 0.482 e. The van der Waals surface area contributed by atoms with Crippen molar-refractivity contribution in [2.24, 2.45) is 0 Å². The topological polar surface area (TPSA) is 58.6 Å². The minimum absolute atomic E-state index is 0.0457. The molecule has 0 aliphatic heterocycles. The molecule has 0 bridgehead atoms. The first kappa shape index (κ1) is 27.2. The lowest BCUT2D eigenvalue weighted by Gasteiger charge is -2.31. The van der Waals surface area contributed by atoms with Crippen molar-refractivity contribution in [3.05, 3.63) is 136 Å². The number of nitrogens with zero attached hydrogens (tertiary/aromatic N) is 1. The molecule has 0 unspecified atom stereocenters. The molecule has 0 radical (unpaired) electrons. The molecule has 38 heavy (non-hydrogen) atoms. The Labute approximate surface area is 230 Å². The van der Waals surface area contributed by atoms with Crippen molar-refractivity contribution in [1.29, 1.82) is 0 Å². The lowest BCUT2D eigenvalue weighted by Crippen LogP contribution is -2.45. The van der Waals surface area contributed by atoms with Gasteiger partial charge in [-0.1, -0.05) is 96.0 Å². The zero-order valence-electron chi connectivity index (χ0n) is 20.3. The second kappa shape index (κ2) is 13.1. The van der Waals surface area contributed by atoms with Crippen molar-refractivity contribution in [3.8, 4) is 5.75 Å². The molecule has 0 spiro atoms. The number of rotatable bonds is 10. The number of amides is 2. The Hall–Kier alpha value is -3.87. The molecule has 4 aromatic rings. The SMILES string of the molecule is O=C(NCc1ccccc1Cl)[C@H](c1ccccc1)N(Cc1ccc(F)cc1)C(=O)COc1ccccc1Cl. The van der Waals surface area contributed by atoms with Crippen LogP contribution in [0, 0.1) is 5.82 Å². The predicted molar refractivity (Wildman–Crippen MR) is 146 cm³/mol. The molecule has 2 amide bonds. The van der Waals surface area contributed by atoms with E-state index in [1.54, 1.807) is 66.7 Å². The number of para-hydroxylation sites is 1. The van der Waals surface area contributed by atoms with Crippen LogP contribution in [0.15, 0.2) is 103 Å². The third kappa shape index (κ3) is 7.12. The van der Waals surface area contributed by atoms with Gasteiger partial charge in [0.15, 0.2) is 6.61 Å². The lowest BCUT2D eigenvalue weighted by atomic mass is 10.0. The van der Waals surface area contributed by atoms with Gasteiger partial charge in [0.1, 0.15) is 17.6 Å². The lowest BCUT2D eigenvalue weighted by molar-refractivity contribution is -0.143. The van der Waals surface area contributed by atoms with Crippen molar-refractivity contribution in [2.75, 3.05) is 6.61 Å². The van der Waals surface area contributed by atoms with E-state index >= 15 is 0 Å². The fraction of sp³-hybridized carbons (Fsp3) is 0.133. The maximum absolute atomic E-state index is 13.7. The number of carbonyl (C=O) groups is 2. The summed E-state index contributed by atoms with van der Waals surface area (Å²) in [5, 5.41) is 3.80. The number of hydrogen-bond donors (Lipinski definition) is 1. The Morgan fingerprint density at radius 2 is 1.45 bits per heavy atom. The molecule has 0 saturated carbocycles. The Bertz CT molecular complexity index is 1380. The highest BCUT2D eigenvalue weighted by atomic mass is 35.5. The molecule has 5 nitrogen and oxygen atoms in total. The summed E-state index contributed by atoms with van der Waals surface area (Å²) in [6.07, 6.45) is 0. The number of benzene rings is 4. The van der Waals surface area contributed by atoms with Crippen molar-refractivity contribution < 1.29 is 18.7 Å². The van der Waals surface area contributed by atoms with E-state index in [0.29, 0.717) is 26.9 Å². The van der Waals surface area contributed by atoms with E-state index in [9.17, 15) is 14.0 Å². The molecule has 8 heteroatoms. The highest BCUT2D eigenvalue weighted by molar-refractivity contribution is 6.32. The molecule has 1 atom stereocenters. The van der Waals surface area contributed by atoms with E-state index in [0.717, 1.165) is 5.56 Å². The second-order valence-corrected chi connectivity index (χ2v) is 9.30. The number of hydrogen-bond acceptors (Lipinski definition) is 3. The van der Waals surface area contributed by atoms with E-state index < -0.39 is 23.7 Å². The van der Waals surface area contributed by atoms with Gasteiger partial charge < -0.3 is 15.0 Å². The van der Waals surface area contributed by atoms with Crippen LogP contribution in [0.2, 0.25) is 10.0 Å². The van der Waals surface area contributed by atoms with Crippen molar-refractivity contribution in [3.63, 3.8) is 0 Å². The third-order valence-corrected chi connectivity index (χ3v) is 6.54. The number of nitrogens with one attached hydrogen (secondary N) is 1. The maximum atomic E-state index is 13.7. The van der Waals surface area contributed by atoms with Gasteiger partial charge in [-0.15, -0.1) is 0 Å². The van der Waals surface area contributed by atoms with Gasteiger partial charge in [0.05, 0.1) is 5.02 Å². The van der Waals surface area contributed by atoms with Crippen molar-refractivity contribution in [2.45, 2.75) is 19.1 Å². The van der Waals surface area contributed by atoms with Crippen LogP contribution in [0.3, 0.4) is 0 Å². The Kier molecular flexibility index (Phi) is 9.35. The molecule has 0 aliphatic rings. The molecule has 4 aromatic carbocycles. The van der Waals surface area contributed by atoms with Crippen molar-refractivity contribution in [1.82, 2.24) is 10.2 Å². The summed E-state index contributed by atoms with van der Waals surface area (Å²) in [5.74, 6) is -0.894. The summed E-state index contributed by atoms with van der Waals surface area (Å²) < 4.78 is 19.3. The summed E-state index contributed by atoms with van der Waals surface area (Å²) in [4.78, 5) is 28.7. The Morgan fingerprint density at radius 1 is 0.816 bits per heavy atom. The summed E-state index contributed by atoms with van der Waals surface area (Å²) in [6, 6.07) is 27.8.